The molecule has 0 aliphatic heterocycles. The van der Waals surface area contributed by atoms with E-state index in [-0.39, 0.29) is 12.7 Å². The van der Waals surface area contributed by atoms with E-state index < -0.39 is 6.10 Å². The number of rotatable bonds is 7. The topological polar surface area (TPSA) is 49.8 Å². The van der Waals surface area contributed by atoms with Crippen molar-refractivity contribution in [2.45, 2.75) is 26.1 Å². The van der Waals surface area contributed by atoms with Crippen LogP contribution < -0.4 is 0 Å². The van der Waals surface area contributed by atoms with Crippen molar-refractivity contribution >= 4 is 28.7 Å². The van der Waals surface area contributed by atoms with Gasteiger partial charge in [-0.15, -0.1) is 0 Å². The van der Waals surface area contributed by atoms with Gasteiger partial charge >= 0.3 is 6.09 Å². The molecule has 1 amide bonds. The molecule has 4 nitrogen and oxygen atoms in total. The molecule has 1 N–H and O–H groups in total. The van der Waals surface area contributed by atoms with Crippen LogP contribution in [0.15, 0.2) is 30.3 Å². The summed E-state index contributed by atoms with van der Waals surface area (Å²) in [7, 11) is 0. The Bertz CT molecular complexity index is 370. The van der Waals surface area contributed by atoms with Gasteiger partial charge in [-0.1, -0.05) is 52.9 Å². The molecule has 1 aromatic carbocycles. The molecular weight excluding hydrogens is 357 g/mol. The lowest BCUT2D eigenvalue weighted by atomic mass is 10.2. The number of aliphatic hydroxyl groups excluding tert-OH is 1. The zero-order valence-electron chi connectivity index (χ0n) is 11.1. The Balaban J connectivity index is 2.46. The summed E-state index contributed by atoms with van der Waals surface area (Å²) >= 11 is 2.27. The first-order valence-corrected chi connectivity index (χ1v) is 7.85. The van der Waals surface area contributed by atoms with Crippen LogP contribution in [0.5, 0.6) is 0 Å². The Morgan fingerprint density at radius 2 is 2.11 bits per heavy atom. The molecule has 1 unspecified atom stereocenters. The maximum Gasteiger partial charge on any atom is 0.410 e. The summed E-state index contributed by atoms with van der Waals surface area (Å²) in [6.07, 6.45) is -0.0126. The number of amides is 1. The minimum absolute atomic E-state index is 0.264. The summed E-state index contributed by atoms with van der Waals surface area (Å²) in [5, 5.41) is 9.40. The summed E-state index contributed by atoms with van der Waals surface area (Å²) in [6, 6.07) is 9.57. The van der Waals surface area contributed by atoms with E-state index in [9.17, 15) is 9.90 Å². The van der Waals surface area contributed by atoms with Crippen molar-refractivity contribution in [2.24, 2.45) is 0 Å². The van der Waals surface area contributed by atoms with E-state index in [1.54, 1.807) is 11.8 Å². The van der Waals surface area contributed by atoms with Crippen molar-refractivity contribution in [3.8, 4) is 0 Å². The van der Waals surface area contributed by atoms with Crippen LogP contribution >= 0.6 is 22.6 Å². The fourth-order valence-electron chi connectivity index (χ4n) is 1.64. The van der Waals surface area contributed by atoms with Crippen LogP contribution in [0, 0.1) is 0 Å². The summed E-state index contributed by atoms with van der Waals surface area (Å²) in [4.78, 5) is 13.5. The Morgan fingerprint density at radius 1 is 1.42 bits per heavy atom. The standard InChI is InChI=1S/C14H20INO3/c1-12(17)10-16(9-5-8-15)14(18)19-11-13-6-3-2-4-7-13/h2-4,6-7,12,17H,5,8-11H2,1H3. The van der Waals surface area contributed by atoms with Gasteiger partial charge in [0.25, 0.3) is 0 Å². The third-order valence-electron chi connectivity index (χ3n) is 2.51. The van der Waals surface area contributed by atoms with Crippen LogP contribution in [0.4, 0.5) is 4.79 Å². The van der Waals surface area contributed by atoms with Gasteiger partial charge in [-0.05, 0) is 18.9 Å². The Hall–Kier alpha value is -0.820. The zero-order valence-corrected chi connectivity index (χ0v) is 13.2. The molecule has 0 radical (unpaired) electrons. The Kier molecular flexibility index (Phi) is 7.81. The molecule has 5 heteroatoms. The second-order valence-corrected chi connectivity index (χ2v) is 5.46. The highest BCUT2D eigenvalue weighted by Crippen LogP contribution is 2.05. The largest absolute Gasteiger partial charge is 0.445 e. The summed E-state index contributed by atoms with van der Waals surface area (Å²) in [6.45, 7) is 2.85. The molecule has 0 aromatic heterocycles. The fourth-order valence-corrected chi connectivity index (χ4v) is 1.98. The summed E-state index contributed by atoms with van der Waals surface area (Å²) in [5.41, 5.74) is 0.960. The first kappa shape index (κ1) is 16.2. The molecule has 106 valence electrons. The average molecular weight is 377 g/mol. The van der Waals surface area contributed by atoms with E-state index in [1.807, 2.05) is 30.3 Å². The number of aliphatic hydroxyl groups is 1. The van der Waals surface area contributed by atoms with Gasteiger partial charge in [0, 0.05) is 17.5 Å². The average Bonchev–Trinajstić information content (AvgIpc) is 2.41. The van der Waals surface area contributed by atoms with Gasteiger partial charge in [-0.2, -0.15) is 0 Å². The van der Waals surface area contributed by atoms with E-state index in [0.29, 0.717) is 13.1 Å². The second-order valence-electron chi connectivity index (χ2n) is 4.38. The molecule has 0 fully saturated rings. The molecule has 0 aliphatic carbocycles. The van der Waals surface area contributed by atoms with Crippen LogP contribution in [0.2, 0.25) is 0 Å². The van der Waals surface area contributed by atoms with E-state index in [4.69, 9.17) is 4.74 Å². The lowest BCUT2D eigenvalue weighted by molar-refractivity contribution is 0.0736. The third-order valence-corrected chi connectivity index (χ3v) is 3.27. The summed E-state index contributed by atoms with van der Waals surface area (Å²) in [5.74, 6) is 0. The van der Waals surface area contributed by atoms with E-state index in [2.05, 4.69) is 22.6 Å². The molecule has 0 aliphatic rings. The molecular formula is C14H20INO3. The van der Waals surface area contributed by atoms with Gasteiger partial charge in [0.2, 0.25) is 0 Å². The lowest BCUT2D eigenvalue weighted by Crippen LogP contribution is -2.37. The van der Waals surface area contributed by atoms with Crippen molar-refractivity contribution in [3.63, 3.8) is 0 Å². The SMILES string of the molecule is CC(O)CN(CCCI)C(=O)OCc1ccccc1. The Morgan fingerprint density at radius 3 is 2.68 bits per heavy atom. The maximum absolute atomic E-state index is 11.9. The summed E-state index contributed by atoms with van der Waals surface area (Å²) < 4.78 is 6.23. The van der Waals surface area contributed by atoms with Crippen LogP contribution in [0.25, 0.3) is 0 Å². The number of nitrogens with zero attached hydrogens (tertiary/aromatic N) is 1. The molecule has 1 aromatic rings. The van der Waals surface area contributed by atoms with Crippen LogP contribution in [0.1, 0.15) is 18.9 Å². The van der Waals surface area contributed by atoms with Crippen molar-refractivity contribution in [1.82, 2.24) is 4.90 Å². The van der Waals surface area contributed by atoms with Gasteiger partial charge < -0.3 is 14.7 Å². The number of ether oxygens (including phenoxy) is 1. The number of halogens is 1. The monoisotopic (exact) mass is 377 g/mol. The molecule has 0 heterocycles. The molecule has 0 spiro atoms. The lowest BCUT2D eigenvalue weighted by Gasteiger charge is -2.23. The van der Waals surface area contributed by atoms with E-state index in [0.717, 1.165) is 16.4 Å². The van der Waals surface area contributed by atoms with Crippen molar-refractivity contribution in [3.05, 3.63) is 35.9 Å². The van der Waals surface area contributed by atoms with Gasteiger partial charge in [0.05, 0.1) is 6.10 Å². The normalized spacial score (nSPS) is 11.9. The number of hydrogen-bond donors (Lipinski definition) is 1. The molecule has 0 bridgehead atoms. The molecule has 0 saturated carbocycles. The van der Waals surface area contributed by atoms with Crippen LogP contribution in [0.3, 0.4) is 0 Å². The van der Waals surface area contributed by atoms with Gasteiger partial charge in [-0.3, -0.25) is 0 Å². The zero-order chi connectivity index (χ0) is 14.1. The number of benzene rings is 1. The van der Waals surface area contributed by atoms with E-state index in [1.165, 1.54) is 0 Å². The number of carbonyl (C=O) groups is 1. The fraction of sp³-hybridized carbons (Fsp3) is 0.500. The number of alkyl halides is 1. The van der Waals surface area contributed by atoms with Gasteiger partial charge in [0.15, 0.2) is 0 Å². The van der Waals surface area contributed by atoms with Gasteiger partial charge in [0.1, 0.15) is 6.61 Å². The van der Waals surface area contributed by atoms with Crippen molar-refractivity contribution in [2.75, 3.05) is 17.5 Å². The molecule has 1 rings (SSSR count). The minimum Gasteiger partial charge on any atom is -0.445 e. The van der Waals surface area contributed by atoms with Gasteiger partial charge in [-0.25, -0.2) is 4.79 Å². The molecule has 19 heavy (non-hydrogen) atoms. The predicted molar refractivity (Wildman–Crippen MR) is 83.4 cm³/mol. The highest BCUT2D eigenvalue weighted by atomic mass is 127. The quantitative estimate of drug-likeness (QED) is 0.587. The maximum atomic E-state index is 11.9. The van der Waals surface area contributed by atoms with Crippen molar-refractivity contribution < 1.29 is 14.6 Å². The highest BCUT2D eigenvalue weighted by molar-refractivity contribution is 14.1. The predicted octanol–water partition coefficient (Wildman–Crippen LogP) is 2.83. The van der Waals surface area contributed by atoms with E-state index >= 15 is 0 Å². The third kappa shape index (κ3) is 6.77. The molecule has 0 saturated heterocycles. The van der Waals surface area contributed by atoms with Crippen molar-refractivity contribution in [1.29, 1.82) is 0 Å². The second kappa shape index (κ2) is 9.14. The van der Waals surface area contributed by atoms with Crippen LogP contribution in [-0.4, -0.2) is 39.7 Å². The molecule has 1 atom stereocenters. The minimum atomic E-state index is -0.543. The highest BCUT2D eigenvalue weighted by Gasteiger charge is 2.16. The Labute approximate surface area is 127 Å². The first-order chi connectivity index (χ1) is 9.13. The number of carbonyl (C=O) groups excluding carboxylic acids is 1. The first-order valence-electron chi connectivity index (χ1n) is 6.33. The van der Waals surface area contributed by atoms with Crippen LogP contribution in [-0.2, 0) is 11.3 Å². The smallest absolute Gasteiger partial charge is 0.410 e. The number of hydrogen-bond acceptors (Lipinski definition) is 3.